The molecule has 1 aliphatic heterocycles. The lowest BCUT2D eigenvalue weighted by molar-refractivity contribution is 0.187. The van der Waals surface area contributed by atoms with E-state index in [1.807, 2.05) is 6.20 Å². The second-order valence-corrected chi connectivity index (χ2v) is 6.85. The van der Waals surface area contributed by atoms with Gasteiger partial charge >= 0.3 is 0 Å². The predicted molar refractivity (Wildman–Crippen MR) is 96.1 cm³/mol. The van der Waals surface area contributed by atoms with Gasteiger partial charge in [0.1, 0.15) is 5.65 Å². The summed E-state index contributed by atoms with van der Waals surface area (Å²) in [5.74, 6) is 0. The molecule has 1 aliphatic carbocycles. The summed E-state index contributed by atoms with van der Waals surface area (Å²) in [7, 11) is 0. The second-order valence-electron chi connectivity index (χ2n) is 6.85. The first kappa shape index (κ1) is 14.1. The van der Waals surface area contributed by atoms with Gasteiger partial charge in [0.25, 0.3) is 0 Å². The number of rotatable bonds is 2. The van der Waals surface area contributed by atoms with Crippen LogP contribution in [0.25, 0.3) is 22.2 Å². The van der Waals surface area contributed by atoms with Gasteiger partial charge in [0, 0.05) is 35.6 Å². The number of pyridine rings is 1. The van der Waals surface area contributed by atoms with Crippen molar-refractivity contribution in [2.75, 3.05) is 18.9 Å². The number of hydrogen-bond donors (Lipinski definition) is 1. The zero-order chi connectivity index (χ0) is 16.1. The third-order valence-corrected chi connectivity index (χ3v) is 5.53. The molecule has 4 heteroatoms. The van der Waals surface area contributed by atoms with Crippen LogP contribution >= 0.6 is 0 Å². The van der Waals surface area contributed by atoms with Crippen molar-refractivity contribution >= 4 is 16.7 Å². The summed E-state index contributed by atoms with van der Waals surface area (Å²) >= 11 is 0. The van der Waals surface area contributed by atoms with Gasteiger partial charge < -0.3 is 15.0 Å². The highest BCUT2D eigenvalue weighted by molar-refractivity contribution is 5.97. The van der Waals surface area contributed by atoms with Crippen molar-refractivity contribution in [2.45, 2.75) is 31.7 Å². The van der Waals surface area contributed by atoms with E-state index in [1.165, 1.54) is 28.5 Å². The molecule has 2 N–H and O–H groups in total. The van der Waals surface area contributed by atoms with Crippen molar-refractivity contribution in [3.8, 4) is 11.1 Å². The number of benzene rings is 1. The highest BCUT2D eigenvalue weighted by Gasteiger charge is 2.22. The molecule has 1 fully saturated rings. The molecule has 0 spiro atoms. The SMILES string of the molecule is Nc1c(-c2ccnc3c2ccn3C2CCOC2)ccc2c1CCC2. The van der Waals surface area contributed by atoms with Crippen LogP contribution in [0.15, 0.2) is 36.7 Å². The number of aryl methyl sites for hydroxylation is 1. The van der Waals surface area contributed by atoms with Crippen LogP contribution in [0.4, 0.5) is 5.69 Å². The maximum absolute atomic E-state index is 6.54. The molecule has 0 radical (unpaired) electrons. The van der Waals surface area contributed by atoms with E-state index in [1.54, 1.807) is 0 Å². The van der Waals surface area contributed by atoms with Crippen LogP contribution < -0.4 is 5.73 Å². The summed E-state index contributed by atoms with van der Waals surface area (Å²) in [6, 6.07) is 9.09. The number of aromatic nitrogens is 2. The van der Waals surface area contributed by atoms with Gasteiger partial charge in [-0.2, -0.15) is 0 Å². The Kier molecular flexibility index (Phi) is 3.13. The lowest BCUT2D eigenvalue weighted by Crippen LogP contribution is -2.07. The van der Waals surface area contributed by atoms with Crippen LogP contribution in [-0.2, 0) is 17.6 Å². The van der Waals surface area contributed by atoms with Crippen molar-refractivity contribution in [3.63, 3.8) is 0 Å². The van der Waals surface area contributed by atoms with E-state index in [0.29, 0.717) is 6.04 Å². The number of nitrogens with two attached hydrogens (primary N) is 1. The molecule has 3 aromatic rings. The number of anilines is 1. The summed E-state index contributed by atoms with van der Waals surface area (Å²) in [5.41, 5.74) is 13.6. The molecule has 4 nitrogen and oxygen atoms in total. The molecule has 1 atom stereocenters. The zero-order valence-corrected chi connectivity index (χ0v) is 13.7. The van der Waals surface area contributed by atoms with Gasteiger partial charge in [0.05, 0.1) is 12.6 Å². The molecule has 5 rings (SSSR count). The minimum atomic E-state index is 0.391. The Balaban J connectivity index is 1.68. The molecule has 2 aliphatic rings. The molecule has 3 heterocycles. The van der Waals surface area contributed by atoms with E-state index >= 15 is 0 Å². The van der Waals surface area contributed by atoms with Crippen molar-refractivity contribution in [2.24, 2.45) is 0 Å². The summed E-state index contributed by atoms with van der Waals surface area (Å²) in [6.45, 7) is 1.61. The largest absolute Gasteiger partial charge is 0.398 e. The minimum Gasteiger partial charge on any atom is -0.398 e. The Morgan fingerprint density at radius 1 is 1.12 bits per heavy atom. The van der Waals surface area contributed by atoms with E-state index in [4.69, 9.17) is 10.5 Å². The van der Waals surface area contributed by atoms with Crippen LogP contribution in [0.5, 0.6) is 0 Å². The molecular formula is C20H21N3O. The van der Waals surface area contributed by atoms with E-state index in [0.717, 1.165) is 49.4 Å². The number of ether oxygens (including phenoxy) is 1. The van der Waals surface area contributed by atoms with Crippen molar-refractivity contribution in [1.29, 1.82) is 0 Å². The zero-order valence-electron chi connectivity index (χ0n) is 13.7. The monoisotopic (exact) mass is 319 g/mol. The maximum atomic E-state index is 6.54. The smallest absolute Gasteiger partial charge is 0.140 e. The fourth-order valence-corrected chi connectivity index (χ4v) is 4.26. The Bertz CT molecular complexity index is 922. The summed E-state index contributed by atoms with van der Waals surface area (Å²) < 4.78 is 7.80. The molecule has 1 aromatic carbocycles. The molecule has 2 aromatic heterocycles. The van der Waals surface area contributed by atoms with Crippen LogP contribution in [0, 0.1) is 0 Å². The van der Waals surface area contributed by atoms with E-state index in [-0.39, 0.29) is 0 Å². The molecule has 1 unspecified atom stereocenters. The third kappa shape index (κ3) is 1.99. The number of nitrogen functional groups attached to an aromatic ring is 1. The van der Waals surface area contributed by atoms with Gasteiger partial charge in [-0.3, -0.25) is 0 Å². The van der Waals surface area contributed by atoms with Crippen molar-refractivity contribution < 1.29 is 4.74 Å². The first-order chi connectivity index (χ1) is 11.8. The minimum absolute atomic E-state index is 0.391. The molecular weight excluding hydrogens is 298 g/mol. The predicted octanol–water partition coefficient (Wildman–Crippen LogP) is 3.74. The van der Waals surface area contributed by atoms with Gasteiger partial charge in [-0.1, -0.05) is 12.1 Å². The lowest BCUT2D eigenvalue weighted by Gasteiger charge is -2.14. The standard InChI is InChI=1S/C20H21N3O/c21-19-15-3-1-2-13(15)4-5-17(19)16-6-9-22-20-18(16)7-10-23(20)14-8-11-24-12-14/h4-7,9-10,14H,1-3,8,11-12,21H2. The quantitative estimate of drug-likeness (QED) is 0.732. The summed E-state index contributed by atoms with van der Waals surface area (Å²) in [5, 5.41) is 1.18. The van der Waals surface area contributed by atoms with Gasteiger partial charge in [-0.05, 0) is 54.5 Å². The normalized spacial score (nSPS) is 19.9. The number of nitrogens with zero attached hydrogens (tertiary/aromatic N) is 2. The van der Waals surface area contributed by atoms with E-state index in [9.17, 15) is 0 Å². The Labute approximate surface area is 141 Å². The Morgan fingerprint density at radius 3 is 2.96 bits per heavy atom. The maximum Gasteiger partial charge on any atom is 0.140 e. The Hall–Kier alpha value is -2.33. The average molecular weight is 319 g/mol. The van der Waals surface area contributed by atoms with Crippen molar-refractivity contribution in [1.82, 2.24) is 9.55 Å². The molecule has 1 saturated heterocycles. The molecule has 122 valence electrons. The summed E-state index contributed by atoms with van der Waals surface area (Å²) in [4.78, 5) is 4.64. The van der Waals surface area contributed by atoms with Gasteiger partial charge in [0.15, 0.2) is 0 Å². The van der Waals surface area contributed by atoms with E-state index in [2.05, 4.69) is 40.0 Å². The van der Waals surface area contributed by atoms with Gasteiger partial charge in [-0.25, -0.2) is 4.98 Å². The molecule has 0 saturated carbocycles. The second kappa shape index (κ2) is 5.35. The van der Waals surface area contributed by atoms with Gasteiger partial charge in [-0.15, -0.1) is 0 Å². The first-order valence-corrected chi connectivity index (χ1v) is 8.77. The number of hydrogen-bond acceptors (Lipinski definition) is 3. The fourth-order valence-electron chi connectivity index (χ4n) is 4.26. The highest BCUT2D eigenvalue weighted by Crippen LogP contribution is 2.38. The van der Waals surface area contributed by atoms with Crippen LogP contribution in [0.1, 0.15) is 30.0 Å². The first-order valence-electron chi connectivity index (χ1n) is 8.77. The van der Waals surface area contributed by atoms with Crippen LogP contribution in [0.2, 0.25) is 0 Å². The number of fused-ring (bicyclic) bond motifs is 2. The third-order valence-electron chi connectivity index (χ3n) is 5.53. The molecule has 0 amide bonds. The Morgan fingerprint density at radius 2 is 2.08 bits per heavy atom. The fraction of sp³-hybridized carbons (Fsp3) is 0.350. The van der Waals surface area contributed by atoms with Crippen LogP contribution in [-0.4, -0.2) is 22.8 Å². The van der Waals surface area contributed by atoms with Crippen LogP contribution in [0.3, 0.4) is 0 Å². The van der Waals surface area contributed by atoms with Gasteiger partial charge in [0.2, 0.25) is 0 Å². The lowest BCUT2D eigenvalue weighted by atomic mass is 9.96. The summed E-state index contributed by atoms with van der Waals surface area (Å²) in [6.07, 6.45) is 8.57. The molecule has 24 heavy (non-hydrogen) atoms. The topological polar surface area (TPSA) is 53.1 Å². The van der Waals surface area contributed by atoms with Crippen molar-refractivity contribution in [3.05, 3.63) is 47.8 Å². The molecule has 0 bridgehead atoms. The average Bonchev–Trinajstić information content (AvgIpc) is 3.34. The van der Waals surface area contributed by atoms with E-state index < -0.39 is 0 Å². The highest BCUT2D eigenvalue weighted by atomic mass is 16.5.